The first kappa shape index (κ1) is 10.4. The molecule has 1 saturated heterocycles. The number of Topliss-reactive ketones (excluding diaryl/α,β-unsaturated/α-hetero) is 1. The van der Waals surface area contributed by atoms with E-state index >= 15 is 0 Å². The monoisotopic (exact) mass is 208 g/mol. The quantitative estimate of drug-likeness (QED) is 0.746. The van der Waals surface area contributed by atoms with Crippen molar-refractivity contribution < 1.29 is 9.21 Å². The molecule has 2 heterocycles. The summed E-state index contributed by atoms with van der Waals surface area (Å²) in [6.07, 6.45) is 3.76. The van der Waals surface area contributed by atoms with Crippen molar-refractivity contribution in [3.8, 4) is 0 Å². The maximum atomic E-state index is 11.7. The minimum atomic E-state index is 0.0420. The molecular formula is C11H16N2O2. The topological polar surface area (TPSA) is 59.5 Å². The molecule has 1 aromatic rings. The molecule has 2 rings (SSSR count). The fourth-order valence-corrected chi connectivity index (χ4v) is 2.07. The molecule has 1 unspecified atom stereocenters. The van der Waals surface area contributed by atoms with Crippen LogP contribution in [0.15, 0.2) is 22.8 Å². The van der Waals surface area contributed by atoms with Gasteiger partial charge in [-0.05, 0) is 31.5 Å². The van der Waals surface area contributed by atoms with Gasteiger partial charge in [0.15, 0.2) is 5.76 Å². The number of ketones is 1. The van der Waals surface area contributed by atoms with Gasteiger partial charge < -0.3 is 10.2 Å². The summed E-state index contributed by atoms with van der Waals surface area (Å²) in [5.74, 6) is 0.484. The molecule has 1 aliphatic heterocycles. The highest BCUT2D eigenvalue weighted by Crippen LogP contribution is 2.16. The Morgan fingerprint density at radius 1 is 1.67 bits per heavy atom. The van der Waals surface area contributed by atoms with Gasteiger partial charge in [-0.1, -0.05) is 0 Å². The average molecular weight is 208 g/mol. The van der Waals surface area contributed by atoms with Crippen molar-refractivity contribution in [2.75, 3.05) is 19.6 Å². The van der Waals surface area contributed by atoms with Gasteiger partial charge in [-0.15, -0.1) is 0 Å². The van der Waals surface area contributed by atoms with E-state index in [1.165, 1.54) is 6.26 Å². The molecule has 0 radical (unpaired) electrons. The van der Waals surface area contributed by atoms with E-state index in [0.29, 0.717) is 24.9 Å². The van der Waals surface area contributed by atoms with E-state index < -0.39 is 0 Å². The molecule has 1 atom stereocenters. The molecule has 0 amide bonds. The van der Waals surface area contributed by atoms with Crippen molar-refractivity contribution in [2.24, 2.45) is 5.73 Å². The van der Waals surface area contributed by atoms with E-state index in [0.717, 1.165) is 19.4 Å². The standard InChI is InChI=1S/C11H16N2O2/c12-7-9-3-1-5-13(9)8-10(14)11-4-2-6-15-11/h2,4,6,9H,1,3,5,7-8,12H2. The van der Waals surface area contributed by atoms with E-state index in [9.17, 15) is 4.79 Å². The van der Waals surface area contributed by atoms with Crippen LogP contribution in [0.4, 0.5) is 0 Å². The van der Waals surface area contributed by atoms with E-state index in [4.69, 9.17) is 10.2 Å². The minimum absolute atomic E-state index is 0.0420. The highest BCUT2D eigenvalue weighted by Gasteiger charge is 2.25. The van der Waals surface area contributed by atoms with Crippen molar-refractivity contribution in [3.63, 3.8) is 0 Å². The molecule has 15 heavy (non-hydrogen) atoms. The summed E-state index contributed by atoms with van der Waals surface area (Å²) in [6, 6.07) is 3.80. The predicted octanol–water partition coefficient (Wildman–Crippen LogP) is 0.885. The number of furan rings is 1. The van der Waals surface area contributed by atoms with E-state index in [-0.39, 0.29) is 5.78 Å². The van der Waals surface area contributed by atoms with Gasteiger partial charge in [-0.25, -0.2) is 0 Å². The van der Waals surface area contributed by atoms with Crippen LogP contribution in [0.1, 0.15) is 23.4 Å². The van der Waals surface area contributed by atoms with Gasteiger partial charge in [0.25, 0.3) is 0 Å². The Bertz CT molecular complexity index is 321. The molecule has 1 aliphatic rings. The molecule has 1 aromatic heterocycles. The number of nitrogens with two attached hydrogens (primary N) is 1. The number of carbonyl (C=O) groups is 1. The van der Waals surface area contributed by atoms with Crippen LogP contribution in [-0.4, -0.2) is 36.4 Å². The lowest BCUT2D eigenvalue weighted by Crippen LogP contribution is -2.38. The number of hydrogen-bond acceptors (Lipinski definition) is 4. The van der Waals surface area contributed by atoms with Crippen molar-refractivity contribution in [2.45, 2.75) is 18.9 Å². The second-order valence-corrected chi connectivity index (χ2v) is 3.90. The van der Waals surface area contributed by atoms with Crippen LogP contribution in [0.25, 0.3) is 0 Å². The first-order chi connectivity index (χ1) is 7.31. The largest absolute Gasteiger partial charge is 0.461 e. The molecule has 0 spiro atoms. The van der Waals surface area contributed by atoms with Crippen molar-refractivity contribution in [3.05, 3.63) is 24.2 Å². The SMILES string of the molecule is NCC1CCCN1CC(=O)c1ccco1. The molecule has 2 N–H and O–H groups in total. The van der Waals surface area contributed by atoms with Gasteiger partial charge >= 0.3 is 0 Å². The zero-order valence-corrected chi connectivity index (χ0v) is 8.69. The molecule has 1 fully saturated rings. The van der Waals surface area contributed by atoms with Crippen LogP contribution in [0.3, 0.4) is 0 Å². The van der Waals surface area contributed by atoms with Crippen LogP contribution in [-0.2, 0) is 0 Å². The van der Waals surface area contributed by atoms with E-state index in [1.807, 2.05) is 0 Å². The summed E-state index contributed by atoms with van der Waals surface area (Å²) in [5.41, 5.74) is 5.64. The fourth-order valence-electron chi connectivity index (χ4n) is 2.07. The Morgan fingerprint density at radius 2 is 2.53 bits per heavy atom. The molecule has 4 heteroatoms. The number of carbonyl (C=O) groups excluding carboxylic acids is 1. The van der Waals surface area contributed by atoms with Crippen LogP contribution in [0.5, 0.6) is 0 Å². The molecule has 82 valence electrons. The molecule has 0 aromatic carbocycles. The van der Waals surface area contributed by atoms with Crippen LogP contribution < -0.4 is 5.73 Å². The van der Waals surface area contributed by atoms with Crippen LogP contribution >= 0.6 is 0 Å². The van der Waals surface area contributed by atoms with E-state index in [1.54, 1.807) is 12.1 Å². The third kappa shape index (κ3) is 2.27. The van der Waals surface area contributed by atoms with Gasteiger partial charge in [-0.3, -0.25) is 9.69 Å². The minimum Gasteiger partial charge on any atom is -0.461 e. The number of nitrogens with zero attached hydrogens (tertiary/aromatic N) is 1. The first-order valence-electron chi connectivity index (χ1n) is 5.32. The highest BCUT2D eigenvalue weighted by atomic mass is 16.3. The second-order valence-electron chi connectivity index (χ2n) is 3.90. The molecular weight excluding hydrogens is 192 g/mol. The lowest BCUT2D eigenvalue weighted by atomic mass is 10.2. The maximum Gasteiger partial charge on any atom is 0.211 e. The number of hydrogen-bond donors (Lipinski definition) is 1. The van der Waals surface area contributed by atoms with E-state index in [2.05, 4.69) is 4.90 Å². The highest BCUT2D eigenvalue weighted by molar-refractivity contribution is 5.95. The lowest BCUT2D eigenvalue weighted by Gasteiger charge is -2.21. The second kappa shape index (κ2) is 4.59. The van der Waals surface area contributed by atoms with Crippen molar-refractivity contribution in [1.29, 1.82) is 0 Å². The van der Waals surface area contributed by atoms with Crippen LogP contribution in [0, 0.1) is 0 Å². The summed E-state index contributed by atoms with van der Waals surface area (Å²) < 4.78 is 5.07. The third-order valence-corrected chi connectivity index (χ3v) is 2.91. The molecule has 0 bridgehead atoms. The first-order valence-corrected chi connectivity index (χ1v) is 5.32. The smallest absolute Gasteiger partial charge is 0.211 e. The van der Waals surface area contributed by atoms with Gasteiger partial charge in [0.05, 0.1) is 12.8 Å². The fraction of sp³-hybridized carbons (Fsp3) is 0.545. The van der Waals surface area contributed by atoms with Crippen molar-refractivity contribution >= 4 is 5.78 Å². The summed E-state index contributed by atoms with van der Waals surface area (Å²) in [6.45, 7) is 2.02. The average Bonchev–Trinajstić information content (AvgIpc) is 2.87. The third-order valence-electron chi connectivity index (χ3n) is 2.91. The Kier molecular flexibility index (Phi) is 3.18. The Morgan fingerprint density at radius 3 is 3.20 bits per heavy atom. The summed E-state index contributed by atoms with van der Waals surface area (Å²) in [7, 11) is 0. The van der Waals surface area contributed by atoms with Crippen LogP contribution in [0.2, 0.25) is 0 Å². The lowest BCUT2D eigenvalue weighted by molar-refractivity contribution is 0.0896. The Balaban J connectivity index is 1.94. The zero-order valence-electron chi connectivity index (χ0n) is 8.69. The maximum absolute atomic E-state index is 11.7. The summed E-state index contributed by atoms with van der Waals surface area (Å²) in [4.78, 5) is 13.9. The summed E-state index contributed by atoms with van der Waals surface area (Å²) in [5, 5.41) is 0. The van der Waals surface area contributed by atoms with Gasteiger partial charge in [0.1, 0.15) is 0 Å². The predicted molar refractivity (Wildman–Crippen MR) is 56.7 cm³/mol. The normalized spacial score (nSPS) is 22.1. The van der Waals surface area contributed by atoms with Gasteiger partial charge in [0, 0.05) is 12.6 Å². The number of likely N-dealkylation sites (tertiary alicyclic amines) is 1. The number of rotatable bonds is 4. The zero-order chi connectivity index (χ0) is 10.7. The molecule has 4 nitrogen and oxygen atoms in total. The molecule has 0 saturated carbocycles. The van der Waals surface area contributed by atoms with Gasteiger partial charge in [-0.2, -0.15) is 0 Å². The van der Waals surface area contributed by atoms with Gasteiger partial charge in [0.2, 0.25) is 5.78 Å². The Labute approximate surface area is 89.0 Å². The molecule has 0 aliphatic carbocycles. The Hall–Kier alpha value is -1.13. The van der Waals surface area contributed by atoms with Crippen molar-refractivity contribution in [1.82, 2.24) is 4.90 Å². The summed E-state index contributed by atoms with van der Waals surface area (Å²) >= 11 is 0.